The van der Waals surface area contributed by atoms with Crippen LogP contribution in [0.5, 0.6) is 5.75 Å². The van der Waals surface area contributed by atoms with E-state index in [4.69, 9.17) is 39.5 Å². The lowest BCUT2D eigenvalue weighted by Crippen LogP contribution is -2.33. The number of benzene rings is 4. The number of hydrogen-bond donors (Lipinski definition) is 2. The third-order valence-corrected chi connectivity index (χ3v) is 6.83. The van der Waals surface area contributed by atoms with Gasteiger partial charge in [0.25, 0.3) is 11.8 Å². The Morgan fingerprint density at radius 3 is 2.12 bits per heavy atom. The summed E-state index contributed by atoms with van der Waals surface area (Å²) in [4.78, 5) is 40.4. The van der Waals surface area contributed by atoms with E-state index in [0.717, 1.165) is 5.69 Å². The highest BCUT2D eigenvalue weighted by molar-refractivity contribution is 6.36. The maximum absolute atomic E-state index is 13.1. The number of rotatable bonds is 9. The van der Waals surface area contributed by atoms with Gasteiger partial charge in [-0.25, -0.2) is 10.2 Å². The van der Waals surface area contributed by atoms with E-state index < -0.39 is 17.8 Å². The number of esters is 1. The molecule has 43 heavy (non-hydrogen) atoms. The molecular formula is C32H25Cl3N4O4. The van der Waals surface area contributed by atoms with Crippen LogP contribution in [-0.4, -0.2) is 38.1 Å². The van der Waals surface area contributed by atoms with Gasteiger partial charge in [-0.1, -0.05) is 59.1 Å². The predicted molar refractivity (Wildman–Crippen MR) is 171 cm³/mol. The van der Waals surface area contributed by atoms with Crippen LogP contribution in [0, 0.1) is 0 Å². The smallest absolute Gasteiger partial charge is 0.345 e. The fraction of sp³-hybridized carbons (Fsp3) is 0.0625. The predicted octanol–water partition coefficient (Wildman–Crippen LogP) is 6.85. The van der Waals surface area contributed by atoms with Crippen LogP contribution in [-0.2, 0) is 4.79 Å². The van der Waals surface area contributed by atoms with Gasteiger partial charge in [-0.05, 0) is 83.9 Å². The lowest BCUT2D eigenvalue weighted by Gasteiger charge is -2.13. The number of anilines is 1. The molecule has 0 aliphatic heterocycles. The van der Waals surface area contributed by atoms with Crippen LogP contribution in [0.15, 0.2) is 102 Å². The summed E-state index contributed by atoms with van der Waals surface area (Å²) < 4.78 is 5.37. The molecular weight excluding hydrogens is 611 g/mol. The second kappa shape index (κ2) is 14.5. The highest BCUT2D eigenvalue weighted by atomic mass is 35.5. The zero-order valence-corrected chi connectivity index (χ0v) is 25.2. The minimum absolute atomic E-state index is 0.0391. The van der Waals surface area contributed by atoms with Gasteiger partial charge in [0.1, 0.15) is 11.4 Å². The van der Waals surface area contributed by atoms with Gasteiger partial charge in [0, 0.05) is 24.8 Å². The molecule has 0 saturated heterocycles. The van der Waals surface area contributed by atoms with Gasteiger partial charge in [0.2, 0.25) is 0 Å². The number of halogens is 3. The SMILES string of the molecule is CN(C)c1ccc(C=C(NC(=O)c2ccccc2Cl)C(=O)NN=Cc2ccc(OC(=O)c3ccc(Cl)cc3Cl)cc2)cc1. The van der Waals surface area contributed by atoms with E-state index in [1.807, 2.05) is 43.3 Å². The largest absolute Gasteiger partial charge is 0.423 e. The molecule has 0 heterocycles. The first-order valence-electron chi connectivity index (χ1n) is 12.8. The van der Waals surface area contributed by atoms with E-state index in [0.29, 0.717) is 16.1 Å². The zero-order valence-electron chi connectivity index (χ0n) is 23.0. The molecule has 0 aromatic heterocycles. The molecule has 2 amide bonds. The maximum atomic E-state index is 13.1. The van der Waals surface area contributed by atoms with E-state index in [1.165, 1.54) is 24.4 Å². The van der Waals surface area contributed by atoms with Crippen LogP contribution < -0.4 is 20.4 Å². The number of carbonyl (C=O) groups is 3. The number of hydrazone groups is 1. The fourth-order valence-corrected chi connectivity index (χ4v) is 4.40. The van der Waals surface area contributed by atoms with Crippen LogP contribution in [0.4, 0.5) is 5.69 Å². The first kappa shape index (κ1) is 31.3. The fourth-order valence-electron chi connectivity index (χ4n) is 3.69. The summed E-state index contributed by atoms with van der Waals surface area (Å²) in [7, 11) is 3.84. The molecule has 0 bridgehead atoms. The Labute approximate surface area is 263 Å². The van der Waals surface area contributed by atoms with Gasteiger partial charge in [0.05, 0.1) is 27.4 Å². The summed E-state index contributed by atoms with van der Waals surface area (Å²) in [6, 6.07) is 24.8. The molecule has 8 nitrogen and oxygen atoms in total. The topological polar surface area (TPSA) is 100 Å². The van der Waals surface area contributed by atoms with Crippen molar-refractivity contribution < 1.29 is 19.1 Å². The molecule has 0 saturated carbocycles. The number of amides is 2. The number of hydrogen-bond acceptors (Lipinski definition) is 6. The second-order valence-corrected chi connectivity index (χ2v) is 10.5. The van der Waals surface area contributed by atoms with Crippen molar-refractivity contribution >= 4 is 70.6 Å². The Kier molecular flexibility index (Phi) is 10.6. The van der Waals surface area contributed by atoms with Crippen molar-refractivity contribution in [2.24, 2.45) is 5.10 Å². The van der Waals surface area contributed by atoms with Crippen LogP contribution in [0.25, 0.3) is 6.08 Å². The number of nitrogens with one attached hydrogen (secondary N) is 2. The van der Waals surface area contributed by atoms with Crippen molar-refractivity contribution in [3.8, 4) is 5.75 Å². The lowest BCUT2D eigenvalue weighted by atomic mass is 10.1. The summed E-state index contributed by atoms with van der Waals surface area (Å²) in [5, 5.41) is 7.47. The maximum Gasteiger partial charge on any atom is 0.345 e. The third-order valence-electron chi connectivity index (χ3n) is 5.95. The van der Waals surface area contributed by atoms with Gasteiger partial charge in [0.15, 0.2) is 0 Å². The Hall–Kier alpha value is -4.63. The average molecular weight is 636 g/mol. The molecule has 0 aliphatic carbocycles. The first-order chi connectivity index (χ1) is 20.6. The number of nitrogens with zero attached hydrogens (tertiary/aromatic N) is 2. The molecule has 4 rings (SSSR count). The minimum atomic E-state index is -0.654. The quantitative estimate of drug-likeness (QED) is 0.0689. The monoisotopic (exact) mass is 634 g/mol. The number of ether oxygens (including phenoxy) is 1. The van der Waals surface area contributed by atoms with Crippen molar-refractivity contribution in [2.45, 2.75) is 0 Å². The van der Waals surface area contributed by atoms with Crippen LogP contribution >= 0.6 is 34.8 Å². The summed E-state index contributed by atoms with van der Waals surface area (Å²) >= 11 is 18.1. The van der Waals surface area contributed by atoms with Crippen molar-refractivity contribution in [3.63, 3.8) is 0 Å². The molecule has 0 atom stereocenters. The molecule has 2 N–H and O–H groups in total. The average Bonchev–Trinajstić information content (AvgIpc) is 2.98. The van der Waals surface area contributed by atoms with E-state index in [-0.39, 0.29) is 32.6 Å². The zero-order chi connectivity index (χ0) is 30.9. The van der Waals surface area contributed by atoms with Gasteiger partial charge >= 0.3 is 5.97 Å². The Morgan fingerprint density at radius 1 is 0.791 bits per heavy atom. The van der Waals surface area contributed by atoms with Crippen LogP contribution in [0.2, 0.25) is 15.1 Å². The summed E-state index contributed by atoms with van der Waals surface area (Å²) in [5.41, 5.74) is 5.05. The summed E-state index contributed by atoms with van der Waals surface area (Å²) in [5.74, 6) is -1.56. The molecule has 0 spiro atoms. The molecule has 0 aliphatic rings. The normalized spacial score (nSPS) is 11.2. The van der Waals surface area contributed by atoms with Gasteiger partial charge in [-0.3, -0.25) is 9.59 Å². The van der Waals surface area contributed by atoms with Crippen molar-refractivity contribution in [1.29, 1.82) is 0 Å². The molecule has 0 unspecified atom stereocenters. The Morgan fingerprint density at radius 2 is 1.47 bits per heavy atom. The molecule has 218 valence electrons. The second-order valence-electron chi connectivity index (χ2n) is 9.26. The molecule has 11 heteroatoms. The Bertz CT molecular complexity index is 1700. The van der Waals surface area contributed by atoms with Crippen molar-refractivity contribution in [3.05, 3.63) is 134 Å². The van der Waals surface area contributed by atoms with Gasteiger partial charge in [-0.15, -0.1) is 0 Å². The lowest BCUT2D eigenvalue weighted by molar-refractivity contribution is -0.117. The highest BCUT2D eigenvalue weighted by Crippen LogP contribution is 2.23. The van der Waals surface area contributed by atoms with Crippen molar-refractivity contribution in [1.82, 2.24) is 10.7 Å². The third kappa shape index (κ3) is 8.68. The van der Waals surface area contributed by atoms with Gasteiger partial charge < -0.3 is 15.0 Å². The molecule has 0 radical (unpaired) electrons. The molecule has 0 fully saturated rings. The first-order valence-corrected chi connectivity index (χ1v) is 13.9. The van der Waals surface area contributed by atoms with E-state index in [2.05, 4.69) is 15.8 Å². The van der Waals surface area contributed by atoms with Gasteiger partial charge in [-0.2, -0.15) is 5.10 Å². The highest BCUT2D eigenvalue weighted by Gasteiger charge is 2.17. The van der Waals surface area contributed by atoms with E-state index in [1.54, 1.807) is 54.6 Å². The van der Waals surface area contributed by atoms with E-state index in [9.17, 15) is 14.4 Å². The minimum Gasteiger partial charge on any atom is -0.423 e. The number of carbonyl (C=O) groups excluding carboxylic acids is 3. The van der Waals surface area contributed by atoms with Crippen molar-refractivity contribution in [2.75, 3.05) is 19.0 Å². The van der Waals surface area contributed by atoms with E-state index >= 15 is 0 Å². The summed E-state index contributed by atoms with van der Waals surface area (Å²) in [6.45, 7) is 0. The summed E-state index contributed by atoms with van der Waals surface area (Å²) in [6.07, 6.45) is 2.94. The Balaban J connectivity index is 1.45. The van der Waals surface area contributed by atoms with Crippen LogP contribution in [0.1, 0.15) is 31.8 Å². The molecule has 4 aromatic carbocycles. The molecule has 4 aromatic rings. The van der Waals surface area contributed by atoms with Crippen LogP contribution in [0.3, 0.4) is 0 Å². The standard InChI is InChI=1S/C32H25Cl3N4O4/c1-39(2)23-12-7-20(8-13-23)17-29(37-30(40)25-5-3-4-6-27(25)34)31(41)38-36-19-21-9-14-24(15-10-21)43-32(42)26-16-11-22(33)18-28(26)35/h3-19H,1-2H3,(H,37,40)(H,38,41).